The third-order valence-electron chi connectivity index (χ3n) is 4.28. The molecular formula is C21H26ClN3. The largest absolute Gasteiger partial charge is 0.360 e. The van der Waals surface area contributed by atoms with E-state index >= 15 is 0 Å². The minimum Gasteiger partial charge on any atom is -0.360 e. The van der Waals surface area contributed by atoms with Gasteiger partial charge >= 0.3 is 0 Å². The van der Waals surface area contributed by atoms with Crippen molar-refractivity contribution < 1.29 is 0 Å². The van der Waals surface area contributed by atoms with E-state index in [0.717, 1.165) is 30.8 Å². The number of rotatable bonds is 6. The van der Waals surface area contributed by atoms with Gasteiger partial charge in [0.15, 0.2) is 0 Å². The second kappa shape index (κ2) is 8.84. The van der Waals surface area contributed by atoms with Crippen LogP contribution < -0.4 is 4.90 Å². The number of pyridine rings is 1. The van der Waals surface area contributed by atoms with Crippen molar-refractivity contribution in [1.82, 2.24) is 9.88 Å². The molecule has 3 rings (SSSR count). The first-order valence-electron chi connectivity index (χ1n) is 8.46. The molecule has 0 aliphatic rings. The van der Waals surface area contributed by atoms with Crippen LogP contribution in [0.1, 0.15) is 6.42 Å². The molecule has 0 saturated carbocycles. The monoisotopic (exact) mass is 355 g/mol. The molecule has 132 valence electrons. The maximum absolute atomic E-state index is 4.87. The lowest BCUT2D eigenvalue weighted by Gasteiger charge is -2.21. The lowest BCUT2D eigenvalue weighted by Crippen LogP contribution is -2.24. The summed E-state index contributed by atoms with van der Waals surface area (Å²) in [7, 11) is 6.35. The number of hydrogen-bond acceptors (Lipinski definition) is 3. The highest BCUT2D eigenvalue weighted by molar-refractivity contribution is 5.96. The zero-order valence-corrected chi connectivity index (χ0v) is 16.0. The van der Waals surface area contributed by atoms with E-state index in [0.29, 0.717) is 0 Å². The van der Waals surface area contributed by atoms with E-state index in [1.165, 1.54) is 16.5 Å². The fraction of sp³-hybridized carbons (Fsp3) is 0.286. The van der Waals surface area contributed by atoms with Crippen molar-refractivity contribution in [3.8, 4) is 11.1 Å². The summed E-state index contributed by atoms with van der Waals surface area (Å²) in [6.45, 7) is 2.08. The van der Waals surface area contributed by atoms with Gasteiger partial charge in [-0.15, -0.1) is 12.4 Å². The van der Waals surface area contributed by atoms with Crippen molar-refractivity contribution in [2.75, 3.05) is 39.1 Å². The van der Waals surface area contributed by atoms with Crippen LogP contribution in [-0.2, 0) is 0 Å². The van der Waals surface area contributed by atoms with E-state index in [4.69, 9.17) is 4.98 Å². The van der Waals surface area contributed by atoms with E-state index < -0.39 is 0 Å². The molecule has 3 nitrogen and oxygen atoms in total. The Morgan fingerprint density at radius 3 is 2.24 bits per heavy atom. The Kier molecular flexibility index (Phi) is 6.80. The van der Waals surface area contributed by atoms with Gasteiger partial charge in [-0.3, -0.25) is 0 Å². The van der Waals surface area contributed by atoms with Gasteiger partial charge in [-0.05, 0) is 50.3 Å². The Hall–Kier alpha value is -2.10. The minimum atomic E-state index is 0. The van der Waals surface area contributed by atoms with Crippen LogP contribution in [0.3, 0.4) is 0 Å². The van der Waals surface area contributed by atoms with Crippen molar-refractivity contribution >= 4 is 29.1 Å². The normalized spacial score (nSPS) is 10.7. The average molecular weight is 356 g/mol. The molecule has 0 N–H and O–H groups in total. The number of halogens is 1. The van der Waals surface area contributed by atoms with Crippen LogP contribution in [0.15, 0.2) is 60.7 Å². The highest BCUT2D eigenvalue weighted by Crippen LogP contribution is 2.30. The molecule has 0 aliphatic carbocycles. The van der Waals surface area contributed by atoms with Crippen LogP contribution in [0.4, 0.5) is 5.82 Å². The SMILES string of the molecule is CN(C)CCCN(C)c1cc(-c2ccccc2)c2ccccc2n1.Cl. The predicted octanol–water partition coefficient (Wildman–Crippen LogP) is 4.71. The highest BCUT2D eigenvalue weighted by Gasteiger charge is 2.10. The topological polar surface area (TPSA) is 19.4 Å². The Bertz CT molecular complexity index is 803. The second-order valence-electron chi connectivity index (χ2n) is 6.49. The summed E-state index contributed by atoms with van der Waals surface area (Å²) in [5, 5.41) is 1.20. The summed E-state index contributed by atoms with van der Waals surface area (Å²) in [5.74, 6) is 1.03. The molecule has 0 atom stereocenters. The lowest BCUT2D eigenvalue weighted by atomic mass is 10.0. The van der Waals surface area contributed by atoms with E-state index in [1.807, 2.05) is 0 Å². The zero-order valence-electron chi connectivity index (χ0n) is 15.1. The van der Waals surface area contributed by atoms with Gasteiger partial charge in [0.05, 0.1) is 5.52 Å². The molecule has 1 aromatic heterocycles. The molecule has 0 fully saturated rings. The van der Waals surface area contributed by atoms with Gasteiger partial charge in [0, 0.05) is 19.0 Å². The number of para-hydroxylation sites is 1. The molecule has 0 unspecified atom stereocenters. The maximum Gasteiger partial charge on any atom is 0.129 e. The molecule has 0 radical (unpaired) electrons. The van der Waals surface area contributed by atoms with E-state index in [1.54, 1.807) is 0 Å². The first-order valence-corrected chi connectivity index (χ1v) is 8.46. The first kappa shape index (κ1) is 19.2. The highest BCUT2D eigenvalue weighted by atomic mass is 35.5. The van der Waals surface area contributed by atoms with Crippen LogP contribution in [0.5, 0.6) is 0 Å². The van der Waals surface area contributed by atoms with Crippen molar-refractivity contribution in [2.45, 2.75) is 6.42 Å². The van der Waals surface area contributed by atoms with Crippen LogP contribution in [0.2, 0.25) is 0 Å². The van der Waals surface area contributed by atoms with Gasteiger partial charge in [0.25, 0.3) is 0 Å². The molecule has 0 aliphatic heterocycles. The zero-order chi connectivity index (χ0) is 16.9. The fourth-order valence-corrected chi connectivity index (χ4v) is 2.95. The number of aromatic nitrogens is 1. The molecule has 0 bridgehead atoms. The summed E-state index contributed by atoms with van der Waals surface area (Å²) in [4.78, 5) is 9.34. The Balaban J connectivity index is 0.00000225. The Morgan fingerprint density at radius 1 is 0.840 bits per heavy atom. The quantitative estimate of drug-likeness (QED) is 0.638. The van der Waals surface area contributed by atoms with Gasteiger partial charge < -0.3 is 9.80 Å². The first-order chi connectivity index (χ1) is 11.6. The van der Waals surface area contributed by atoms with E-state index in [9.17, 15) is 0 Å². The van der Waals surface area contributed by atoms with Gasteiger partial charge in [0.1, 0.15) is 5.82 Å². The fourth-order valence-electron chi connectivity index (χ4n) is 2.95. The van der Waals surface area contributed by atoms with Crippen molar-refractivity contribution in [3.63, 3.8) is 0 Å². The molecule has 0 amide bonds. The van der Waals surface area contributed by atoms with Crippen molar-refractivity contribution in [1.29, 1.82) is 0 Å². The van der Waals surface area contributed by atoms with Gasteiger partial charge in [-0.1, -0.05) is 48.5 Å². The number of benzene rings is 2. The number of hydrogen-bond donors (Lipinski definition) is 0. The smallest absolute Gasteiger partial charge is 0.129 e. The van der Waals surface area contributed by atoms with E-state index in [-0.39, 0.29) is 12.4 Å². The molecule has 1 heterocycles. The van der Waals surface area contributed by atoms with Crippen LogP contribution in [0.25, 0.3) is 22.0 Å². The number of nitrogens with zero attached hydrogens (tertiary/aromatic N) is 3. The molecule has 0 spiro atoms. The molecule has 0 saturated heterocycles. The Morgan fingerprint density at radius 2 is 1.52 bits per heavy atom. The van der Waals surface area contributed by atoms with Crippen LogP contribution in [0, 0.1) is 0 Å². The third kappa shape index (κ3) is 4.71. The molecular weight excluding hydrogens is 330 g/mol. The summed E-state index contributed by atoms with van der Waals surface area (Å²) >= 11 is 0. The van der Waals surface area contributed by atoms with E-state index in [2.05, 4.69) is 91.6 Å². The van der Waals surface area contributed by atoms with Crippen molar-refractivity contribution in [3.05, 3.63) is 60.7 Å². The molecule has 25 heavy (non-hydrogen) atoms. The molecule has 2 aromatic carbocycles. The van der Waals surface area contributed by atoms with Gasteiger partial charge in [-0.25, -0.2) is 4.98 Å². The third-order valence-corrected chi connectivity index (χ3v) is 4.28. The summed E-state index contributed by atoms with van der Waals surface area (Å²) in [6.07, 6.45) is 1.12. The summed E-state index contributed by atoms with van der Waals surface area (Å²) in [5.41, 5.74) is 3.53. The standard InChI is InChI=1S/C21H25N3.ClH/c1-23(2)14-9-15-24(3)21-16-19(17-10-5-4-6-11-17)18-12-7-8-13-20(18)22-21;/h4-8,10-13,16H,9,14-15H2,1-3H3;1H. The minimum absolute atomic E-state index is 0. The van der Waals surface area contributed by atoms with Crippen LogP contribution in [-0.4, -0.2) is 44.1 Å². The maximum atomic E-state index is 4.87. The van der Waals surface area contributed by atoms with Gasteiger partial charge in [0.2, 0.25) is 0 Å². The van der Waals surface area contributed by atoms with Crippen molar-refractivity contribution in [2.24, 2.45) is 0 Å². The lowest BCUT2D eigenvalue weighted by molar-refractivity contribution is 0.401. The average Bonchev–Trinajstić information content (AvgIpc) is 2.61. The number of anilines is 1. The summed E-state index contributed by atoms with van der Waals surface area (Å²) in [6, 6.07) is 21.2. The van der Waals surface area contributed by atoms with Crippen LogP contribution >= 0.6 is 12.4 Å². The number of fused-ring (bicyclic) bond motifs is 1. The predicted molar refractivity (Wildman–Crippen MR) is 111 cm³/mol. The Labute approximate surface area is 156 Å². The molecule has 3 aromatic rings. The second-order valence-corrected chi connectivity index (χ2v) is 6.49. The summed E-state index contributed by atoms with van der Waals surface area (Å²) < 4.78 is 0. The van der Waals surface area contributed by atoms with Gasteiger partial charge in [-0.2, -0.15) is 0 Å². The molecule has 4 heteroatoms.